The molecule has 1 N–H and O–H groups in total. The van der Waals surface area contributed by atoms with Crippen molar-refractivity contribution in [1.82, 2.24) is 5.32 Å². The van der Waals surface area contributed by atoms with Crippen molar-refractivity contribution in [3.63, 3.8) is 0 Å². The Balaban J connectivity index is 2.17. The van der Waals surface area contributed by atoms with Crippen LogP contribution in [0.1, 0.15) is 38.5 Å². The van der Waals surface area contributed by atoms with Crippen molar-refractivity contribution >= 4 is 15.8 Å². The maximum atomic E-state index is 12.0. The summed E-state index contributed by atoms with van der Waals surface area (Å²) in [6.45, 7) is 0.752. The topological polar surface area (TPSA) is 72.5 Å². The van der Waals surface area contributed by atoms with Crippen LogP contribution in [0.15, 0.2) is 0 Å². The number of sulfone groups is 1. The van der Waals surface area contributed by atoms with Crippen LogP contribution in [0.25, 0.3) is 0 Å². The van der Waals surface area contributed by atoms with Gasteiger partial charge in [0.1, 0.15) is 5.54 Å². The fraction of sp³-hybridized carbons (Fsp3) is 0.917. The van der Waals surface area contributed by atoms with E-state index in [1.54, 1.807) is 0 Å². The molecule has 0 bridgehead atoms. The van der Waals surface area contributed by atoms with Crippen LogP contribution in [0.3, 0.4) is 0 Å². The van der Waals surface area contributed by atoms with Gasteiger partial charge in [0.05, 0.1) is 18.1 Å². The molecule has 0 amide bonds. The molecule has 2 aliphatic heterocycles. The van der Waals surface area contributed by atoms with E-state index in [1.165, 1.54) is 7.11 Å². The van der Waals surface area contributed by atoms with Gasteiger partial charge in [-0.05, 0) is 45.1 Å². The third-order valence-electron chi connectivity index (χ3n) is 4.11. The summed E-state index contributed by atoms with van der Waals surface area (Å²) in [4.78, 5) is 12.0. The normalized spacial score (nSPS) is 35.3. The van der Waals surface area contributed by atoms with E-state index in [1.807, 2.05) is 0 Å². The molecule has 0 radical (unpaired) electrons. The number of rotatable bonds is 3. The van der Waals surface area contributed by atoms with Gasteiger partial charge >= 0.3 is 5.97 Å². The summed E-state index contributed by atoms with van der Waals surface area (Å²) in [5, 5.41) is 2.82. The number of esters is 1. The van der Waals surface area contributed by atoms with Crippen molar-refractivity contribution in [3.05, 3.63) is 0 Å². The van der Waals surface area contributed by atoms with Crippen molar-refractivity contribution in [2.45, 2.75) is 49.3 Å². The van der Waals surface area contributed by atoms with Crippen LogP contribution < -0.4 is 5.32 Å². The molecule has 2 heterocycles. The lowest BCUT2D eigenvalue weighted by atomic mass is 9.84. The highest BCUT2D eigenvalue weighted by Gasteiger charge is 2.46. The number of carbonyl (C=O) groups excluding carboxylic acids is 1. The number of hydrogen-bond donors (Lipinski definition) is 1. The number of carbonyl (C=O) groups is 1. The molecule has 2 rings (SSSR count). The highest BCUT2D eigenvalue weighted by molar-refractivity contribution is 7.92. The lowest BCUT2D eigenvalue weighted by Crippen LogP contribution is -2.57. The Morgan fingerprint density at radius 1 is 1.39 bits per heavy atom. The van der Waals surface area contributed by atoms with E-state index in [0.717, 1.165) is 19.4 Å². The van der Waals surface area contributed by atoms with Crippen LogP contribution in [0.4, 0.5) is 0 Å². The molecule has 2 saturated heterocycles. The first-order chi connectivity index (χ1) is 8.50. The van der Waals surface area contributed by atoms with E-state index in [9.17, 15) is 13.2 Å². The molecule has 2 fully saturated rings. The molecular formula is C12H21NO4S. The molecule has 2 aliphatic rings. The van der Waals surface area contributed by atoms with Crippen molar-refractivity contribution in [1.29, 1.82) is 0 Å². The van der Waals surface area contributed by atoms with Crippen molar-refractivity contribution in [2.75, 3.05) is 19.4 Å². The van der Waals surface area contributed by atoms with Crippen LogP contribution in [-0.2, 0) is 19.4 Å². The largest absolute Gasteiger partial charge is 0.468 e. The molecule has 5 nitrogen and oxygen atoms in total. The summed E-state index contributed by atoms with van der Waals surface area (Å²) in [6.07, 6.45) is 4.38. The van der Waals surface area contributed by atoms with E-state index in [0.29, 0.717) is 25.7 Å². The predicted octanol–water partition coefficient (Wildman–Crippen LogP) is 0.639. The Labute approximate surface area is 108 Å². The predicted molar refractivity (Wildman–Crippen MR) is 68.0 cm³/mol. The van der Waals surface area contributed by atoms with Gasteiger partial charge in [-0.15, -0.1) is 0 Å². The van der Waals surface area contributed by atoms with Crippen LogP contribution in [0, 0.1) is 0 Å². The van der Waals surface area contributed by atoms with Crippen molar-refractivity contribution in [2.24, 2.45) is 0 Å². The molecule has 0 aromatic carbocycles. The van der Waals surface area contributed by atoms with Gasteiger partial charge in [-0.3, -0.25) is 4.79 Å². The lowest BCUT2D eigenvalue weighted by Gasteiger charge is -2.37. The highest BCUT2D eigenvalue weighted by Crippen LogP contribution is 2.33. The number of nitrogens with one attached hydrogen (secondary N) is 1. The third kappa shape index (κ3) is 2.54. The average molecular weight is 275 g/mol. The monoisotopic (exact) mass is 275 g/mol. The van der Waals surface area contributed by atoms with Crippen LogP contribution in [-0.4, -0.2) is 44.6 Å². The first kappa shape index (κ1) is 13.8. The number of ether oxygens (including phenoxy) is 1. The van der Waals surface area contributed by atoms with Crippen LogP contribution in [0.5, 0.6) is 0 Å². The second kappa shape index (κ2) is 5.17. The number of methoxy groups -OCH3 is 1. The molecule has 0 aromatic rings. The maximum Gasteiger partial charge on any atom is 0.326 e. The van der Waals surface area contributed by atoms with E-state index in [4.69, 9.17) is 4.74 Å². The summed E-state index contributed by atoms with van der Waals surface area (Å²) in [7, 11) is -1.65. The second-order valence-electron chi connectivity index (χ2n) is 5.29. The van der Waals surface area contributed by atoms with Crippen molar-refractivity contribution in [3.8, 4) is 0 Å². The molecule has 0 saturated carbocycles. The Morgan fingerprint density at radius 2 is 2.17 bits per heavy atom. The first-order valence-electron chi connectivity index (χ1n) is 6.55. The lowest BCUT2D eigenvalue weighted by molar-refractivity contribution is -0.150. The zero-order chi connectivity index (χ0) is 13.2. The molecule has 6 heteroatoms. The summed E-state index contributed by atoms with van der Waals surface area (Å²) in [5.41, 5.74) is -0.783. The van der Waals surface area contributed by atoms with Gasteiger partial charge < -0.3 is 10.1 Å². The minimum Gasteiger partial charge on any atom is -0.468 e. The SMILES string of the molecule is COC(=O)C1(CC2CCCS2(=O)=O)CCCCN1. The minimum absolute atomic E-state index is 0.259. The number of hydrogen-bond acceptors (Lipinski definition) is 5. The fourth-order valence-corrected chi connectivity index (χ4v) is 5.04. The van der Waals surface area contributed by atoms with Gasteiger partial charge in [0, 0.05) is 0 Å². The smallest absolute Gasteiger partial charge is 0.326 e. The van der Waals surface area contributed by atoms with Gasteiger partial charge in [-0.25, -0.2) is 8.42 Å². The van der Waals surface area contributed by atoms with Gasteiger partial charge in [-0.1, -0.05) is 0 Å². The van der Waals surface area contributed by atoms with E-state index in [2.05, 4.69) is 5.32 Å². The maximum absolute atomic E-state index is 12.0. The molecule has 2 unspecified atom stereocenters. The minimum atomic E-state index is -3.01. The standard InChI is InChI=1S/C12H21NO4S/c1-17-11(14)12(6-2-3-7-13-12)9-10-5-4-8-18(10,15)16/h10,13H,2-9H2,1H3. The molecular weight excluding hydrogens is 254 g/mol. The Bertz CT molecular complexity index is 412. The molecule has 0 spiro atoms. The fourth-order valence-electron chi connectivity index (χ4n) is 3.07. The molecule has 104 valence electrons. The summed E-state index contributed by atoms with van der Waals surface area (Å²) < 4.78 is 28.7. The van der Waals surface area contributed by atoms with E-state index in [-0.39, 0.29) is 17.0 Å². The molecule has 0 aromatic heterocycles. The quantitative estimate of drug-likeness (QED) is 0.765. The molecule has 18 heavy (non-hydrogen) atoms. The molecule has 0 aliphatic carbocycles. The molecule has 2 atom stereocenters. The van der Waals surface area contributed by atoms with Gasteiger partial charge in [0.25, 0.3) is 0 Å². The summed E-state index contributed by atoms with van der Waals surface area (Å²) in [6, 6.07) is 0. The van der Waals surface area contributed by atoms with Crippen LogP contribution in [0.2, 0.25) is 0 Å². The van der Waals surface area contributed by atoms with Crippen LogP contribution >= 0.6 is 0 Å². The summed E-state index contributed by atoms with van der Waals surface area (Å²) in [5.74, 6) is -0.0566. The Kier molecular flexibility index (Phi) is 3.96. The third-order valence-corrected chi connectivity index (χ3v) is 6.38. The van der Waals surface area contributed by atoms with Gasteiger partial charge in [-0.2, -0.15) is 0 Å². The van der Waals surface area contributed by atoms with Gasteiger partial charge in [0.2, 0.25) is 0 Å². The number of piperidine rings is 1. The van der Waals surface area contributed by atoms with E-state index < -0.39 is 15.4 Å². The second-order valence-corrected chi connectivity index (χ2v) is 7.69. The Morgan fingerprint density at radius 3 is 2.67 bits per heavy atom. The zero-order valence-electron chi connectivity index (χ0n) is 10.8. The Hall–Kier alpha value is -0.620. The van der Waals surface area contributed by atoms with Gasteiger partial charge in [0.15, 0.2) is 9.84 Å². The van der Waals surface area contributed by atoms with Crippen molar-refractivity contribution < 1.29 is 17.9 Å². The highest BCUT2D eigenvalue weighted by atomic mass is 32.2. The summed E-state index contributed by atoms with van der Waals surface area (Å²) >= 11 is 0. The zero-order valence-corrected chi connectivity index (χ0v) is 11.6. The first-order valence-corrected chi connectivity index (χ1v) is 8.27. The van der Waals surface area contributed by atoms with E-state index >= 15 is 0 Å². The average Bonchev–Trinajstić information content (AvgIpc) is 2.69.